The highest BCUT2D eigenvalue weighted by molar-refractivity contribution is 5.75. The smallest absolute Gasteiger partial charge is 0.314 e. The Kier molecular flexibility index (Phi) is 6.49. The molecule has 0 aromatic carbocycles. The Morgan fingerprint density at radius 3 is 2.78 bits per heavy atom. The second-order valence-corrected chi connectivity index (χ2v) is 4.65. The highest BCUT2D eigenvalue weighted by Gasteiger charge is 2.14. The third-order valence-electron chi connectivity index (χ3n) is 3.02. The van der Waals surface area contributed by atoms with Crippen molar-refractivity contribution in [3.05, 3.63) is 0 Å². The summed E-state index contributed by atoms with van der Waals surface area (Å²) in [6.07, 6.45) is 4.42. The summed E-state index contributed by atoms with van der Waals surface area (Å²) < 4.78 is 5.54. The average molecular weight is 258 g/mol. The molecule has 2 unspecified atom stereocenters. The Labute approximate surface area is 107 Å². The summed E-state index contributed by atoms with van der Waals surface area (Å²) in [5.41, 5.74) is 0. The van der Waals surface area contributed by atoms with E-state index in [2.05, 4.69) is 10.6 Å². The Morgan fingerprint density at radius 1 is 1.39 bits per heavy atom. The molecule has 1 saturated heterocycles. The number of aliphatic carboxylic acids is 1. The topological polar surface area (TPSA) is 87.7 Å². The summed E-state index contributed by atoms with van der Waals surface area (Å²) in [5.74, 6) is -1.48. The molecule has 1 rings (SSSR count). The van der Waals surface area contributed by atoms with E-state index in [9.17, 15) is 9.59 Å². The van der Waals surface area contributed by atoms with Crippen molar-refractivity contribution in [1.29, 1.82) is 0 Å². The zero-order valence-electron chi connectivity index (χ0n) is 10.8. The molecule has 0 bridgehead atoms. The normalized spacial score (nSPS) is 21.1. The highest BCUT2D eigenvalue weighted by atomic mass is 16.5. The fourth-order valence-corrected chi connectivity index (χ4v) is 1.78. The summed E-state index contributed by atoms with van der Waals surface area (Å²) in [7, 11) is 0. The van der Waals surface area contributed by atoms with Gasteiger partial charge in [0.15, 0.2) is 0 Å². The fraction of sp³-hybridized carbons (Fsp3) is 0.833. The molecule has 0 aromatic rings. The van der Waals surface area contributed by atoms with Gasteiger partial charge in [0.25, 0.3) is 0 Å². The summed E-state index contributed by atoms with van der Waals surface area (Å²) in [6, 6.07) is -0.320. The molecule has 2 atom stereocenters. The predicted molar refractivity (Wildman–Crippen MR) is 66.4 cm³/mol. The molecule has 1 aliphatic heterocycles. The number of nitrogens with one attached hydrogen (secondary N) is 2. The SMILES string of the molecule is CC(CNC(=O)NCCC1CCCCO1)C(=O)O. The minimum Gasteiger partial charge on any atom is -0.481 e. The van der Waals surface area contributed by atoms with Crippen LogP contribution in [0.3, 0.4) is 0 Å². The molecule has 0 radical (unpaired) electrons. The third kappa shape index (κ3) is 5.86. The van der Waals surface area contributed by atoms with E-state index in [1.807, 2.05) is 0 Å². The molecule has 3 N–H and O–H groups in total. The van der Waals surface area contributed by atoms with Crippen LogP contribution in [0.2, 0.25) is 0 Å². The molecule has 6 heteroatoms. The lowest BCUT2D eigenvalue weighted by Gasteiger charge is -2.22. The highest BCUT2D eigenvalue weighted by Crippen LogP contribution is 2.14. The first-order valence-electron chi connectivity index (χ1n) is 6.45. The van der Waals surface area contributed by atoms with E-state index in [4.69, 9.17) is 9.84 Å². The number of ether oxygens (including phenoxy) is 1. The average Bonchev–Trinajstić information content (AvgIpc) is 2.37. The van der Waals surface area contributed by atoms with Crippen molar-refractivity contribution in [1.82, 2.24) is 10.6 Å². The van der Waals surface area contributed by atoms with Gasteiger partial charge in [0.1, 0.15) is 0 Å². The Balaban J connectivity index is 2.04. The van der Waals surface area contributed by atoms with E-state index < -0.39 is 11.9 Å². The lowest BCUT2D eigenvalue weighted by atomic mass is 10.1. The molecule has 1 aliphatic rings. The number of hydrogen-bond acceptors (Lipinski definition) is 3. The van der Waals surface area contributed by atoms with E-state index in [1.54, 1.807) is 6.92 Å². The van der Waals surface area contributed by atoms with E-state index in [0.717, 1.165) is 25.9 Å². The zero-order chi connectivity index (χ0) is 13.4. The minimum atomic E-state index is -0.911. The van der Waals surface area contributed by atoms with Crippen LogP contribution in [0.15, 0.2) is 0 Å². The predicted octanol–water partition coefficient (Wildman–Crippen LogP) is 0.965. The number of carboxylic acid groups (broad SMARTS) is 1. The fourth-order valence-electron chi connectivity index (χ4n) is 1.78. The van der Waals surface area contributed by atoms with Crippen LogP contribution >= 0.6 is 0 Å². The molecule has 0 aromatic heterocycles. The van der Waals surface area contributed by atoms with Crippen LogP contribution in [0.5, 0.6) is 0 Å². The van der Waals surface area contributed by atoms with Crippen LogP contribution < -0.4 is 10.6 Å². The van der Waals surface area contributed by atoms with Gasteiger partial charge in [0.05, 0.1) is 12.0 Å². The van der Waals surface area contributed by atoms with Crippen molar-refractivity contribution in [3.63, 3.8) is 0 Å². The molecule has 0 spiro atoms. The van der Waals surface area contributed by atoms with Crippen LogP contribution in [0.4, 0.5) is 4.79 Å². The summed E-state index contributed by atoms with van der Waals surface area (Å²) in [4.78, 5) is 21.9. The van der Waals surface area contributed by atoms with Gasteiger partial charge in [-0.3, -0.25) is 4.79 Å². The van der Waals surface area contributed by atoms with Gasteiger partial charge < -0.3 is 20.5 Å². The molecule has 2 amide bonds. The maximum absolute atomic E-state index is 11.4. The van der Waals surface area contributed by atoms with Crippen molar-refractivity contribution in [2.24, 2.45) is 5.92 Å². The number of carbonyl (C=O) groups excluding carboxylic acids is 1. The monoisotopic (exact) mass is 258 g/mol. The van der Waals surface area contributed by atoms with Gasteiger partial charge in [-0.1, -0.05) is 6.92 Å². The van der Waals surface area contributed by atoms with Crippen LogP contribution in [0.1, 0.15) is 32.6 Å². The molecule has 0 saturated carbocycles. The van der Waals surface area contributed by atoms with Crippen molar-refractivity contribution in [2.45, 2.75) is 38.7 Å². The van der Waals surface area contributed by atoms with Crippen molar-refractivity contribution >= 4 is 12.0 Å². The maximum Gasteiger partial charge on any atom is 0.314 e. The van der Waals surface area contributed by atoms with Crippen molar-refractivity contribution in [2.75, 3.05) is 19.7 Å². The molecule has 6 nitrogen and oxygen atoms in total. The molecular weight excluding hydrogens is 236 g/mol. The molecule has 0 aliphatic carbocycles. The van der Waals surface area contributed by atoms with Gasteiger partial charge >= 0.3 is 12.0 Å². The largest absolute Gasteiger partial charge is 0.481 e. The van der Waals surface area contributed by atoms with Crippen LogP contribution in [-0.4, -0.2) is 42.9 Å². The Morgan fingerprint density at radius 2 is 2.17 bits per heavy atom. The van der Waals surface area contributed by atoms with Gasteiger partial charge in [-0.25, -0.2) is 4.79 Å². The standard InChI is InChI=1S/C12H22N2O4/c1-9(11(15)16)8-14-12(17)13-6-5-10-4-2-3-7-18-10/h9-10H,2-8H2,1H3,(H,15,16)(H2,13,14,17). The molecular formula is C12H22N2O4. The molecule has 1 heterocycles. The summed E-state index contributed by atoms with van der Waals surface area (Å²) in [5, 5.41) is 13.9. The first-order valence-corrected chi connectivity index (χ1v) is 6.45. The molecule has 104 valence electrons. The molecule has 18 heavy (non-hydrogen) atoms. The number of carbonyl (C=O) groups is 2. The minimum absolute atomic E-state index is 0.140. The van der Waals surface area contributed by atoms with Crippen LogP contribution in [0, 0.1) is 5.92 Å². The van der Waals surface area contributed by atoms with E-state index in [1.165, 1.54) is 6.42 Å². The van der Waals surface area contributed by atoms with Gasteiger partial charge in [-0.2, -0.15) is 0 Å². The Bertz CT molecular complexity index is 277. The Hall–Kier alpha value is -1.30. The van der Waals surface area contributed by atoms with Crippen LogP contribution in [-0.2, 0) is 9.53 Å². The second-order valence-electron chi connectivity index (χ2n) is 4.65. The number of carboxylic acids is 1. The zero-order valence-corrected chi connectivity index (χ0v) is 10.8. The number of hydrogen-bond donors (Lipinski definition) is 3. The first-order chi connectivity index (χ1) is 8.59. The maximum atomic E-state index is 11.4. The number of amides is 2. The third-order valence-corrected chi connectivity index (χ3v) is 3.02. The van der Waals surface area contributed by atoms with Gasteiger partial charge in [-0.15, -0.1) is 0 Å². The quantitative estimate of drug-likeness (QED) is 0.662. The number of rotatable bonds is 6. The first kappa shape index (κ1) is 14.8. The summed E-state index contributed by atoms with van der Waals surface area (Å²) >= 11 is 0. The lowest BCUT2D eigenvalue weighted by Crippen LogP contribution is -2.40. The lowest BCUT2D eigenvalue weighted by molar-refractivity contribution is -0.140. The van der Waals surface area contributed by atoms with Crippen molar-refractivity contribution in [3.8, 4) is 0 Å². The second kappa shape index (κ2) is 7.92. The van der Waals surface area contributed by atoms with Crippen molar-refractivity contribution < 1.29 is 19.4 Å². The van der Waals surface area contributed by atoms with E-state index in [-0.39, 0.29) is 18.7 Å². The van der Waals surface area contributed by atoms with E-state index in [0.29, 0.717) is 6.54 Å². The number of urea groups is 1. The molecule has 1 fully saturated rings. The van der Waals surface area contributed by atoms with Crippen LogP contribution in [0.25, 0.3) is 0 Å². The van der Waals surface area contributed by atoms with Gasteiger partial charge in [0, 0.05) is 19.7 Å². The summed E-state index contributed by atoms with van der Waals surface area (Å²) in [6.45, 7) is 3.06. The van der Waals surface area contributed by atoms with Gasteiger partial charge in [-0.05, 0) is 25.7 Å². The van der Waals surface area contributed by atoms with E-state index >= 15 is 0 Å². The van der Waals surface area contributed by atoms with Gasteiger partial charge in [0.2, 0.25) is 0 Å².